The number of carbonyl (C=O) groups excluding carboxylic acids is 2. The first-order valence-electron chi connectivity index (χ1n) is 22.9. The third-order valence-electron chi connectivity index (χ3n) is 12.2. The van der Waals surface area contributed by atoms with Crippen LogP contribution in [0.2, 0.25) is 30.1 Å². The number of aromatic nitrogens is 4. The van der Waals surface area contributed by atoms with Gasteiger partial charge in [0.05, 0.1) is 32.8 Å². The zero-order chi connectivity index (χ0) is 49.5. The van der Waals surface area contributed by atoms with Gasteiger partial charge in [0.15, 0.2) is 11.4 Å². The number of hydrazine groups is 2. The maximum Gasteiger partial charge on any atom is 0.286 e. The first-order valence-corrected chi connectivity index (χ1v) is 26.6. The van der Waals surface area contributed by atoms with Crippen LogP contribution in [0.25, 0.3) is 33.9 Å². The fourth-order valence-electron chi connectivity index (χ4n) is 8.68. The first-order chi connectivity index (χ1) is 33.7. The Morgan fingerprint density at radius 1 is 0.529 bits per heavy atom. The van der Waals surface area contributed by atoms with Crippen molar-refractivity contribution >= 4 is 91.6 Å². The van der Waals surface area contributed by atoms with E-state index in [1.54, 1.807) is 82.2 Å². The minimum atomic E-state index is -3.76. The number of nitrogens with two attached hydrogens (primary N) is 1. The molecule has 2 amide bonds. The largest absolute Gasteiger partial charge is 0.326 e. The third kappa shape index (κ3) is 12.3. The van der Waals surface area contributed by atoms with Crippen LogP contribution < -0.4 is 21.3 Å². The van der Waals surface area contributed by atoms with Crippen molar-refractivity contribution in [3.63, 3.8) is 0 Å². The van der Waals surface area contributed by atoms with Gasteiger partial charge in [-0.1, -0.05) is 107 Å². The summed E-state index contributed by atoms with van der Waals surface area (Å²) in [5.41, 5.74) is 17.3. The standard InChI is InChI=1S/C26H29Cl3N6O3S.C22H22Cl3N5O/c27-19-8-6-18(7-9-19)25-21(17-30-39(37,38)34-14-4-5-15-34)24(26(36)32-33-12-2-1-3-13-33)31-35(25)23-11-10-20(28)16-22(23)29;23-15-6-4-14(5-7-15)21-17(13-26)20(22(31)28-29-10-2-1-3-11-29)27-30(21)19-9-8-16(24)12-18(19)25/h6-11,16,30H,1-5,12-15,17H2,(H,32,36);4-9,12H,1-3,10-11,13,26H2,(H,28,31). The van der Waals surface area contributed by atoms with Crippen LogP contribution in [0.4, 0.5) is 0 Å². The zero-order valence-corrected chi connectivity index (χ0v) is 43.3. The second-order valence-electron chi connectivity index (χ2n) is 17.0. The van der Waals surface area contributed by atoms with Gasteiger partial charge in [-0.15, -0.1) is 0 Å². The molecule has 0 radical (unpaired) electrons. The lowest BCUT2D eigenvalue weighted by atomic mass is 10.0. The molecule has 15 nitrogen and oxygen atoms in total. The number of piperidine rings is 2. The summed E-state index contributed by atoms with van der Waals surface area (Å²) in [7, 11) is -3.76. The number of hydrogen-bond donors (Lipinski definition) is 4. The van der Waals surface area contributed by atoms with Crippen LogP contribution in [0.3, 0.4) is 0 Å². The molecule has 3 aliphatic rings. The van der Waals surface area contributed by atoms with Gasteiger partial charge in [-0.25, -0.2) is 19.4 Å². The van der Waals surface area contributed by atoms with E-state index in [0.717, 1.165) is 76.7 Å². The summed E-state index contributed by atoms with van der Waals surface area (Å²) in [6.45, 7) is 4.00. The molecule has 70 heavy (non-hydrogen) atoms. The van der Waals surface area contributed by atoms with Gasteiger partial charge in [0, 0.05) is 94.7 Å². The Hall–Kier alpha value is -4.27. The van der Waals surface area contributed by atoms with Crippen molar-refractivity contribution in [2.45, 2.75) is 64.5 Å². The second-order valence-corrected chi connectivity index (χ2v) is 21.3. The fourth-order valence-corrected chi connectivity index (χ4v) is 11.2. The van der Waals surface area contributed by atoms with Gasteiger partial charge in [0.25, 0.3) is 22.0 Å². The minimum Gasteiger partial charge on any atom is -0.326 e. The highest BCUT2D eigenvalue weighted by atomic mass is 35.5. The molecule has 0 spiro atoms. The highest BCUT2D eigenvalue weighted by Gasteiger charge is 2.31. The Morgan fingerprint density at radius 2 is 0.914 bits per heavy atom. The molecule has 6 aromatic rings. The molecule has 22 heteroatoms. The Balaban J connectivity index is 0.000000193. The normalized spacial score (nSPS) is 15.9. The molecular formula is C48H51Cl6N11O4S. The molecule has 2 aromatic heterocycles. The second kappa shape index (κ2) is 23.5. The molecule has 4 aromatic carbocycles. The molecule has 5 N–H and O–H groups in total. The topological polar surface area (TPSA) is 176 Å². The minimum absolute atomic E-state index is 0.0978. The summed E-state index contributed by atoms with van der Waals surface area (Å²) in [4.78, 5) is 26.8. The van der Waals surface area contributed by atoms with E-state index in [-0.39, 0.29) is 30.4 Å². The fraction of sp³-hybridized carbons (Fsp3) is 0.333. The molecule has 3 fully saturated rings. The van der Waals surface area contributed by atoms with Gasteiger partial charge in [0.2, 0.25) is 0 Å². The predicted octanol–water partition coefficient (Wildman–Crippen LogP) is 10.1. The number of halogens is 6. The first kappa shape index (κ1) is 52.1. The maximum atomic E-state index is 13.6. The van der Waals surface area contributed by atoms with Crippen LogP contribution in [-0.4, -0.2) is 93.4 Å². The molecule has 9 rings (SSSR count). The van der Waals surface area contributed by atoms with Crippen LogP contribution in [-0.2, 0) is 23.3 Å². The van der Waals surface area contributed by atoms with E-state index in [1.165, 1.54) is 10.7 Å². The Labute approximate surface area is 437 Å². The van der Waals surface area contributed by atoms with Crippen LogP contribution >= 0.6 is 69.6 Å². The smallest absolute Gasteiger partial charge is 0.286 e. The van der Waals surface area contributed by atoms with Crippen molar-refractivity contribution in [3.05, 3.63) is 138 Å². The van der Waals surface area contributed by atoms with Crippen molar-refractivity contribution in [2.24, 2.45) is 5.73 Å². The van der Waals surface area contributed by atoms with Gasteiger partial charge < -0.3 is 5.73 Å². The highest BCUT2D eigenvalue weighted by Crippen LogP contribution is 2.36. The van der Waals surface area contributed by atoms with Gasteiger partial charge in [0.1, 0.15) is 0 Å². The van der Waals surface area contributed by atoms with E-state index < -0.39 is 16.1 Å². The Bertz CT molecular complexity index is 2940. The van der Waals surface area contributed by atoms with E-state index in [1.807, 2.05) is 22.2 Å². The molecule has 3 saturated heterocycles. The van der Waals surface area contributed by atoms with Crippen LogP contribution in [0, 0.1) is 0 Å². The summed E-state index contributed by atoms with van der Waals surface area (Å²) in [5.74, 6) is -0.715. The number of nitrogens with one attached hydrogen (secondary N) is 3. The van der Waals surface area contributed by atoms with Crippen LogP contribution in [0.1, 0.15) is 83.5 Å². The summed E-state index contributed by atoms with van der Waals surface area (Å²) < 4.78 is 33.5. The summed E-state index contributed by atoms with van der Waals surface area (Å²) in [6, 6.07) is 24.5. The van der Waals surface area contributed by atoms with Crippen molar-refractivity contribution < 1.29 is 18.0 Å². The van der Waals surface area contributed by atoms with E-state index >= 15 is 0 Å². The lowest BCUT2D eigenvalue weighted by molar-refractivity contribution is 0.0736. The average Bonchev–Trinajstić information content (AvgIpc) is 4.12. The quantitative estimate of drug-likeness (QED) is 0.0877. The molecule has 0 saturated carbocycles. The van der Waals surface area contributed by atoms with Crippen molar-refractivity contribution in [1.82, 2.24) is 49.5 Å². The number of nitrogens with zero attached hydrogens (tertiary/aromatic N) is 7. The lowest BCUT2D eigenvalue weighted by Crippen LogP contribution is -2.45. The van der Waals surface area contributed by atoms with Gasteiger partial charge in [-0.3, -0.25) is 20.4 Å². The predicted molar refractivity (Wildman–Crippen MR) is 278 cm³/mol. The molecule has 0 aliphatic carbocycles. The maximum absolute atomic E-state index is 13.6. The molecule has 5 heterocycles. The van der Waals surface area contributed by atoms with Crippen molar-refractivity contribution in [1.29, 1.82) is 0 Å². The van der Waals surface area contributed by atoms with E-state index in [4.69, 9.17) is 80.4 Å². The van der Waals surface area contributed by atoms with Crippen molar-refractivity contribution in [2.75, 3.05) is 39.3 Å². The molecular weight excluding hydrogens is 1040 g/mol. The summed E-state index contributed by atoms with van der Waals surface area (Å²) >= 11 is 37.6. The summed E-state index contributed by atoms with van der Waals surface area (Å²) in [5, 5.41) is 16.0. The van der Waals surface area contributed by atoms with E-state index in [2.05, 4.69) is 20.7 Å². The average molecular weight is 1090 g/mol. The number of benzene rings is 4. The molecule has 3 aliphatic heterocycles. The van der Waals surface area contributed by atoms with Crippen molar-refractivity contribution in [3.8, 4) is 33.9 Å². The SMILES string of the molecule is NCc1c(C(=O)NN2CCCCC2)nn(-c2ccc(Cl)cc2Cl)c1-c1ccc(Cl)cc1.O=C(NN1CCCCC1)c1nn(-c2ccc(Cl)cc2Cl)c(-c2ccc(Cl)cc2)c1CNS(=O)(=O)N1CCCC1. The van der Waals surface area contributed by atoms with E-state index in [0.29, 0.717) is 82.7 Å². The highest BCUT2D eigenvalue weighted by molar-refractivity contribution is 7.87. The van der Waals surface area contributed by atoms with Crippen LogP contribution in [0.5, 0.6) is 0 Å². The zero-order valence-electron chi connectivity index (χ0n) is 37.9. The number of rotatable bonds is 13. The van der Waals surface area contributed by atoms with Crippen LogP contribution in [0.15, 0.2) is 84.9 Å². The van der Waals surface area contributed by atoms with E-state index in [9.17, 15) is 18.0 Å². The van der Waals surface area contributed by atoms with Gasteiger partial charge in [-0.2, -0.15) is 27.6 Å². The number of hydrogen-bond acceptors (Lipinski definition) is 9. The molecule has 0 bridgehead atoms. The van der Waals surface area contributed by atoms with Gasteiger partial charge in [-0.05, 0) is 99.2 Å². The number of carbonyl (C=O) groups is 2. The Kier molecular flexibility index (Phi) is 17.5. The van der Waals surface area contributed by atoms with Gasteiger partial charge >= 0.3 is 0 Å². The lowest BCUT2D eigenvalue weighted by Gasteiger charge is -2.26. The number of amides is 2. The monoisotopic (exact) mass is 1090 g/mol. The summed E-state index contributed by atoms with van der Waals surface area (Å²) in [6.07, 6.45) is 7.97. The molecule has 0 atom stereocenters. The molecule has 370 valence electrons. The third-order valence-corrected chi connectivity index (χ3v) is 15.3. The Morgan fingerprint density at radius 3 is 1.33 bits per heavy atom. The molecule has 0 unspecified atom stereocenters.